The average Bonchev–Trinajstić information content (AvgIpc) is 0.854. The molecule has 12 atom stereocenters. The van der Waals surface area contributed by atoms with Crippen LogP contribution >= 0.6 is 0 Å². The Hall–Kier alpha value is -4.13. The highest BCUT2D eigenvalue weighted by atomic mass is 16.7. The standard InChI is InChI=1S/C79H131NO13/c1-3-5-7-9-11-13-15-17-19-21-23-25-26-27-28-29-30-31-32-33-34-35-36-37-38-39-40-41-42-43-45-47-49-51-53-55-57-59-61-63-71(84)80-67(68(83)62-60-58-56-54-52-50-48-46-44-24-22-20-18-16-14-12-10-8-6-4-2)66-90-78-76(89)74(87)77(70(65-82)92-78)93-79-75(88)73(86)72(85)69(64-81)91-79/h5,7,11,13,17,19,23,25,27-28,30-31,33-34,36-37,39-40,42-43,47,49,53,55,67-70,72-79,81-83,85-89H,3-4,6,8-10,12,14-16,18,20-22,24,26,29,32,35,38,41,44-46,48,50-52,54,56-66H2,1-2H3,(H,80,84)/b7-5-,13-11-,19-17-,25-23-,28-27-,31-30-,34-33-,37-36-,40-39-,43-42-,49-47-,55-53-. The molecule has 0 spiro atoms. The number of amides is 1. The number of aliphatic hydroxyl groups excluding tert-OH is 8. The van der Waals surface area contributed by atoms with E-state index in [2.05, 4.69) is 165 Å². The summed E-state index contributed by atoms with van der Waals surface area (Å²) < 4.78 is 22.9. The molecule has 0 aromatic rings. The van der Waals surface area contributed by atoms with E-state index in [0.717, 1.165) is 116 Å². The highest BCUT2D eigenvalue weighted by Crippen LogP contribution is 2.30. The average molecular weight is 1300 g/mol. The molecule has 2 rings (SSSR count). The Morgan fingerprint density at radius 1 is 0.398 bits per heavy atom. The summed E-state index contributed by atoms with van der Waals surface area (Å²) in [5, 5.41) is 87.6. The summed E-state index contributed by atoms with van der Waals surface area (Å²) in [5.74, 6) is -0.253. The predicted octanol–water partition coefficient (Wildman–Crippen LogP) is 15.6. The summed E-state index contributed by atoms with van der Waals surface area (Å²) in [5.41, 5.74) is 0. The van der Waals surface area contributed by atoms with E-state index in [4.69, 9.17) is 18.9 Å². The maximum absolute atomic E-state index is 13.3. The Kier molecular flexibility index (Phi) is 56.1. The van der Waals surface area contributed by atoms with Crippen LogP contribution in [0.25, 0.3) is 0 Å². The van der Waals surface area contributed by atoms with E-state index in [9.17, 15) is 45.6 Å². The SMILES string of the molecule is CC/C=C\C/C=C\C/C=C\C/C=C\C/C=C\C/C=C\C/C=C\C/C=C\C/C=C\C/C=C\C/C=C\C/C=C\CCCCC(=O)NC(COC1OC(CO)C(OC2OC(CO)C(O)C(O)C2O)C(O)C1O)C(O)CCCCCCCCCCCCCCCCCCCCCC. The van der Waals surface area contributed by atoms with Crippen molar-refractivity contribution < 1.29 is 64.6 Å². The van der Waals surface area contributed by atoms with Gasteiger partial charge in [-0.3, -0.25) is 4.79 Å². The van der Waals surface area contributed by atoms with Crippen molar-refractivity contribution in [3.63, 3.8) is 0 Å². The Labute approximate surface area is 563 Å². The van der Waals surface area contributed by atoms with Crippen molar-refractivity contribution in [3.8, 4) is 0 Å². The molecule has 0 bridgehead atoms. The van der Waals surface area contributed by atoms with Crippen LogP contribution in [0, 0.1) is 0 Å². The van der Waals surface area contributed by atoms with E-state index in [1.807, 2.05) is 0 Å². The first-order chi connectivity index (χ1) is 45.6. The molecule has 12 unspecified atom stereocenters. The van der Waals surface area contributed by atoms with Crippen LogP contribution in [0.3, 0.4) is 0 Å². The van der Waals surface area contributed by atoms with Gasteiger partial charge in [0.1, 0.15) is 48.8 Å². The quantitative estimate of drug-likeness (QED) is 0.0204. The van der Waals surface area contributed by atoms with Crippen LogP contribution in [-0.4, -0.2) is 140 Å². The van der Waals surface area contributed by atoms with E-state index < -0.39 is 86.8 Å². The van der Waals surface area contributed by atoms with Gasteiger partial charge in [-0.2, -0.15) is 0 Å². The Bertz CT molecular complexity index is 2120. The van der Waals surface area contributed by atoms with Crippen molar-refractivity contribution >= 4 is 5.91 Å². The number of aliphatic hydroxyl groups is 8. The van der Waals surface area contributed by atoms with Crippen molar-refractivity contribution in [2.24, 2.45) is 0 Å². The Balaban J connectivity index is 1.68. The summed E-state index contributed by atoms with van der Waals surface area (Å²) in [6.07, 6.45) is 75.7. The molecule has 1 amide bonds. The number of allylic oxidation sites excluding steroid dienone is 24. The van der Waals surface area contributed by atoms with Gasteiger partial charge in [0.05, 0.1) is 32.0 Å². The third-order valence-electron chi connectivity index (χ3n) is 16.8. The molecule has 14 nitrogen and oxygen atoms in total. The summed E-state index contributed by atoms with van der Waals surface area (Å²) in [6.45, 7) is 2.73. The molecule has 93 heavy (non-hydrogen) atoms. The highest BCUT2D eigenvalue weighted by molar-refractivity contribution is 5.76. The van der Waals surface area contributed by atoms with Crippen LogP contribution < -0.4 is 5.32 Å². The van der Waals surface area contributed by atoms with Crippen LogP contribution in [0.1, 0.15) is 251 Å². The minimum Gasteiger partial charge on any atom is -0.394 e. The number of carbonyl (C=O) groups is 1. The first-order valence-electron chi connectivity index (χ1n) is 36.6. The lowest BCUT2D eigenvalue weighted by atomic mass is 9.97. The van der Waals surface area contributed by atoms with Crippen LogP contribution in [0.5, 0.6) is 0 Å². The number of ether oxygens (including phenoxy) is 4. The van der Waals surface area contributed by atoms with Gasteiger partial charge in [-0.1, -0.05) is 288 Å². The molecule has 0 aromatic carbocycles. The molecular weight excluding hydrogens is 1170 g/mol. The fourth-order valence-electron chi connectivity index (χ4n) is 11.0. The van der Waals surface area contributed by atoms with Gasteiger partial charge >= 0.3 is 0 Å². The molecule has 9 N–H and O–H groups in total. The second-order valence-corrected chi connectivity index (χ2v) is 25.0. The van der Waals surface area contributed by atoms with Crippen LogP contribution in [0.2, 0.25) is 0 Å². The topological polar surface area (TPSA) is 228 Å². The molecular formula is C79H131NO13. The largest absolute Gasteiger partial charge is 0.394 e. The number of nitrogens with one attached hydrogen (secondary N) is 1. The smallest absolute Gasteiger partial charge is 0.220 e. The van der Waals surface area contributed by atoms with Gasteiger partial charge in [0, 0.05) is 6.42 Å². The summed E-state index contributed by atoms with van der Waals surface area (Å²) in [4.78, 5) is 13.3. The second kappa shape index (κ2) is 61.5. The lowest BCUT2D eigenvalue weighted by Gasteiger charge is -2.46. The minimum atomic E-state index is -1.79. The molecule has 2 saturated heterocycles. The molecule has 0 saturated carbocycles. The van der Waals surface area contributed by atoms with Gasteiger partial charge in [0.2, 0.25) is 5.91 Å². The van der Waals surface area contributed by atoms with Gasteiger partial charge in [-0.25, -0.2) is 0 Å². The molecule has 2 heterocycles. The lowest BCUT2D eigenvalue weighted by Crippen LogP contribution is -2.65. The number of rotatable bonds is 58. The maximum Gasteiger partial charge on any atom is 0.220 e. The van der Waals surface area contributed by atoms with E-state index in [0.29, 0.717) is 12.8 Å². The zero-order chi connectivity index (χ0) is 67.3. The van der Waals surface area contributed by atoms with E-state index in [-0.39, 0.29) is 18.9 Å². The lowest BCUT2D eigenvalue weighted by molar-refractivity contribution is -0.359. The van der Waals surface area contributed by atoms with Crippen LogP contribution in [-0.2, 0) is 23.7 Å². The van der Waals surface area contributed by atoms with Gasteiger partial charge in [-0.15, -0.1) is 0 Å². The number of hydrogen-bond donors (Lipinski definition) is 9. The predicted molar refractivity (Wildman–Crippen MR) is 382 cm³/mol. The second-order valence-electron chi connectivity index (χ2n) is 25.0. The van der Waals surface area contributed by atoms with Crippen LogP contribution in [0.15, 0.2) is 146 Å². The van der Waals surface area contributed by atoms with Crippen molar-refractivity contribution in [2.75, 3.05) is 19.8 Å². The third kappa shape index (κ3) is 45.1. The molecule has 2 aliphatic heterocycles. The highest BCUT2D eigenvalue weighted by Gasteiger charge is 2.51. The van der Waals surface area contributed by atoms with E-state index in [1.165, 1.54) is 103 Å². The maximum atomic E-state index is 13.3. The molecule has 2 aliphatic rings. The minimum absolute atomic E-state index is 0.240. The normalized spacial score (nSPS) is 23.5. The van der Waals surface area contributed by atoms with Gasteiger partial charge < -0.3 is 65.1 Å². The summed E-state index contributed by atoms with van der Waals surface area (Å²) >= 11 is 0. The first kappa shape index (κ1) is 85.0. The molecule has 0 aromatic heterocycles. The molecule has 530 valence electrons. The van der Waals surface area contributed by atoms with Crippen molar-refractivity contribution in [1.82, 2.24) is 5.32 Å². The summed E-state index contributed by atoms with van der Waals surface area (Å²) in [6, 6.07) is -0.864. The van der Waals surface area contributed by atoms with Crippen molar-refractivity contribution in [1.29, 1.82) is 0 Å². The van der Waals surface area contributed by atoms with Gasteiger partial charge in [-0.05, 0) is 103 Å². The fourth-order valence-corrected chi connectivity index (χ4v) is 11.0. The number of hydrogen-bond acceptors (Lipinski definition) is 13. The molecule has 2 fully saturated rings. The van der Waals surface area contributed by atoms with E-state index in [1.54, 1.807) is 0 Å². The Morgan fingerprint density at radius 2 is 0.742 bits per heavy atom. The summed E-state index contributed by atoms with van der Waals surface area (Å²) in [7, 11) is 0. The number of unbranched alkanes of at least 4 members (excludes halogenated alkanes) is 21. The monoisotopic (exact) mass is 1300 g/mol. The van der Waals surface area contributed by atoms with Gasteiger partial charge in [0.25, 0.3) is 0 Å². The Morgan fingerprint density at radius 3 is 1.12 bits per heavy atom. The molecule has 14 heteroatoms. The van der Waals surface area contributed by atoms with Crippen LogP contribution in [0.4, 0.5) is 0 Å². The molecule has 0 aliphatic carbocycles. The zero-order valence-electron chi connectivity index (χ0n) is 57.7. The third-order valence-corrected chi connectivity index (χ3v) is 16.8. The van der Waals surface area contributed by atoms with Crippen molar-refractivity contribution in [3.05, 3.63) is 146 Å². The first-order valence-corrected chi connectivity index (χ1v) is 36.6. The van der Waals surface area contributed by atoms with E-state index >= 15 is 0 Å². The van der Waals surface area contributed by atoms with Crippen molar-refractivity contribution in [2.45, 2.75) is 325 Å². The molecule has 0 radical (unpaired) electrons. The van der Waals surface area contributed by atoms with Gasteiger partial charge in [0.15, 0.2) is 12.6 Å². The number of carbonyl (C=O) groups excluding carboxylic acids is 1. The zero-order valence-corrected chi connectivity index (χ0v) is 57.7. The fraction of sp³-hybridized carbons (Fsp3) is 0.684.